The number of aryl methyl sites for hydroxylation is 2. The van der Waals surface area contributed by atoms with E-state index in [0.29, 0.717) is 5.75 Å². The van der Waals surface area contributed by atoms with Crippen LogP contribution in [0.3, 0.4) is 0 Å². The number of ether oxygens (including phenoxy) is 1. The minimum atomic E-state index is -1.60. The lowest BCUT2D eigenvalue weighted by Gasteiger charge is -2.28. The number of aliphatic hydroxyl groups excluding tert-OH is 1. The fraction of sp³-hybridized carbons (Fsp3) is 0.306. The summed E-state index contributed by atoms with van der Waals surface area (Å²) in [5.41, 5.74) is 5.20. The molecule has 5 rings (SSSR count). The van der Waals surface area contributed by atoms with Gasteiger partial charge in [-0.25, -0.2) is 14.4 Å². The molecule has 0 fully saturated rings. The highest BCUT2D eigenvalue weighted by molar-refractivity contribution is 5.96. The first-order chi connectivity index (χ1) is 21.2. The maximum atomic E-state index is 13.3. The standard InChI is InChI=1S/C36H38N2O6/c1-23(2)21-38(22-33(39)35(42)44-29-18-17-25-8-5-10-28(25)20-29)36(43)37-32(34(40)41)19-24-13-15-27(16-14-24)31-12-6-9-26-7-3-4-11-30(26)31/h3-4,6-7,9,11-18,20,23,32-33,39H,5,8,10,19,21-22H2,1-2H3,(H,37,43)(H,40,41)/t32-,33?/m0/s1. The second-order valence-corrected chi connectivity index (χ2v) is 11.8. The number of benzene rings is 4. The van der Waals surface area contributed by atoms with Crippen molar-refractivity contribution < 1.29 is 29.3 Å². The van der Waals surface area contributed by atoms with Crippen LogP contribution < -0.4 is 10.1 Å². The van der Waals surface area contributed by atoms with Crippen LogP contribution in [0.1, 0.15) is 37.0 Å². The predicted octanol–water partition coefficient (Wildman–Crippen LogP) is 5.63. The van der Waals surface area contributed by atoms with Crippen molar-refractivity contribution in [3.8, 4) is 16.9 Å². The van der Waals surface area contributed by atoms with Crippen molar-refractivity contribution in [2.24, 2.45) is 5.92 Å². The molecule has 0 aliphatic heterocycles. The fourth-order valence-electron chi connectivity index (χ4n) is 5.73. The number of esters is 1. The Morgan fingerprint density at radius 1 is 0.886 bits per heavy atom. The van der Waals surface area contributed by atoms with Crippen LogP contribution in [0.5, 0.6) is 5.75 Å². The molecule has 1 aliphatic rings. The van der Waals surface area contributed by atoms with E-state index in [1.165, 1.54) is 10.5 Å². The largest absolute Gasteiger partial charge is 0.480 e. The summed E-state index contributed by atoms with van der Waals surface area (Å²) in [5.74, 6) is -1.69. The quantitative estimate of drug-likeness (QED) is 0.153. The number of carbonyl (C=O) groups excluding carboxylic acids is 2. The summed E-state index contributed by atoms with van der Waals surface area (Å²) >= 11 is 0. The zero-order valence-electron chi connectivity index (χ0n) is 25.0. The predicted molar refractivity (Wildman–Crippen MR) is 170 cm³/mol. The van der Waals surface area contributed by atoms with E-state index in [0.717, 1.165) is 52.3 Å². The maximum absolute atomic E-state index is 13.3. The summed E-state index contributed by atoms with van der Waals surface area (Å²) in [6.07, 6.45) is 1.44. The van der Waals surface area contributed by atoms with E-state index in [-0.39, 0.29) is 25.4 Å². The zero-order chi connectivity index (χ0) is 31.2. The number of hydrogen-bond acceptors (Lipinski definition) is 5. The summed E-state index contributed by atoms with van der Waals surface area (Å²) in [6, 6.07) is 25.4. The van der Waals surface area contributed by atoms with Gasteiger partial charge in [-0.15, -0.1) is 0 Å². The third-order valence-electron chi connectivity index (χ3n) is 7.92. The maximum Gasteiger partial charge on any atom is 0.342 e. The Balaban J connectivity index is 1.23. The summed E-state index contributed by atoms with van der Waals surface area (Å²) in [4.78, 5) is 39.4. The minimum Gasteiger partial charge on any atom is -0.480 e. The molecule has 228 valence electrons. The van der Waals surface area contributed by atoms with E-state index >= 15 is 0 Å². The molecule has 8 nitrogen and oxygen atoms in total. The number of nitrogens with one attached hydrogen (secondary N) is 1. The second-order valence-electron chi connectivity index (χ2n) is 11.8. The van der Waals surface area contributed by atoms with Crippen molar-refractivity contribution in [1.29, 1.82) is 0 Å². The highest BCUT2D eigenvalue weighted by Gasteiger charge is 2.28. The number of fused-ring (bicyclic) bond motifs is 2. The molecule has 0 bridgehead atoms. The van der Waals surface area contributed by atoms with Gasteiger partial charge in [0.1, 0.15) is 11.8 Å². The van der Waals surface area contributed by atoms with Gasteiger partial charge in [-0.05, 0) is 75.9 Å². The molecule has 44 heavy (non-hydrogen) atoms. The second kappa shape index (κ2) is 13.7. The summed E-state index contributed by atoms with van der Waals surface area (Å²) in [7, 11) is 0. The van der Waals surface area contributed by atoms with Crippen LogP contribution in [0.15, 0.2) is 84.9 Å². The smallest absolute Gasteiger partial charge is 0.342 e. The highest BCUT2D eigenvalue weighted by Crippen LogP contribution is 2.29. The molecule has 4 aromatic rings. The molecule has 0 saturated carbocycles. The Morgan fingerprint density at radius 2 is 1.61 bits per heavy atom. The number of carboxylic acids is 1. The number of nitrogens with zero attached hydrogens (tertiary/aromatic N) is 1. The van der Waals surface area contributed by atoms with Crippen molar-refractivity contribution in [3.63, 3.8) is 0 Å². The number of hydrogen-bond donors (Lipinski definition) is 3. The number of carboxylic acid groups (broad SMARTS) is 1. The number of amides is 2. The molecule has 3 N–H and O–H groups in total. The van der Waals surface area contributed by atoms with Crippen LogP contribution >= 0.6 is 0 Å². The van der Waals surface area contributed by atoms with Gasteiger partial charge < -0.3 is 25.2 Å². The van der Waals surface area contributed by atoms with Gasteiger partial charge >= 0.3 is 18.0 Å². The van der Waals surface area contributed by atoms with Crippen LogP contribution in [0.2, 0.25) is 0 Å². The van der Waals surface area contributed by atoms with Crippen LogP contribution in [0, 0.1) is 5.92 Å². The Bertz CT molecular complexity index is 1640. The number of rotatable bonds is 11. The van der Waals surface area contributed by atoms with E-state index in [1.54, 1.807) is 6.07 Å². The molecule has 0 aromatic heterocycles. The molecular formula is C36H38N2O6. The van der Waals surface area contributed by atoms with Crippen LogP contribution in [-0.4, -0.2) is 58.3 Å². The number of urea groups is 1. The lowest BCUT2D eigenvalue weighted by atomic mass is 9.96. The van der Waals surface area contributed by atoms with Gasteiger partial charge in [-0.3, -0.25) is 0 Å². The lowest BCUT2D eigenvalue weighted by molar-refractivity contribution is -0.144. The van der Waals surface area contributed by atoms with Gasteiger partial charge in [0.15, 0.2) is 6.10 Å². The molecular weight excluding hydrogens is 556 g/mol. The highest BCUT2D eigenvalue weighted by atomic mass is 16.5. The van der Waals surface area contributed by atoms with Gasteiger partial charge in [-0.1, -0.05) is 86.6 Å². The van der Waals surface area contributed by atoms with Crippen LogP contribution in [0.25, 0.3) is 21.9 Å². The lowest BCUT2D eigenvalue weighted by Crippen LogP contribution is -2.52. The minimum absolute atomic E-state index is 0.00516. The van der Waals surface area contributed by atoms with Crippen LogP contribution in [0.4, 0.5) is 4.79 Å². The topological polar surface area (TPSA) is 116 Å². The molecule has 1 unspecified atom stereocenters. The van der Waals surface area contributed by atoms with Crippen molar-refractivity contribution in [2.75, 3.05) is 13.1 Å². The van der Waals surface area contributed by atoms with E-state index in [9.17, 15) is 24.6 Å². The molecule has 0 saturated heterocycles. The van der Waals surface area contributed by atoms with E-state index in [4.69, 9.17) is 4.74 Å². The molecule has 0 spiro atoms. The normalized spacial score (nSPS) is 13.7. The zero-order valence-corrected chi connectivity index (χ0v) is 25.0. The number of aliphatic hydroxyl groups is 1. The molecule has 2 amide bonds. The van der Waals surface area contributed by atoms with Gasteiger partial charge in [0.25, 0.3) is 0 Å². The fourth-order valence-corrected chi connectivity index (χ4v) is 5.73. The molecule has 1 aliphatic carbocycles. The monoisotopic (exact) mass is 594 g/mol. The van der Waals surface area contributed by atoms with E-state index in [2.05, 4.69) is 29.6 Å². The third kappa shape index (κ3) is 7.44. The van der Waals surface area contributed by atoms with Gasteiger partial charge in [-0.2, -0.15) is 0 Å². The summed E-state index contributed by atoms with van der Waals surface area (Å²) in [5, 5.41) is 25.4. The first kappa shape index (κ1) is 30.8. The average Bonchev–Trinajstić information content (AvgIpc) is 3.48. The Morgan fingerprint density at radius 3 is 2.36 bits per heavy atom. The summed E-state index contributed by atoms with van der Waals surface area (Å²) < 4.78 is 5.41. The first-order valence-corrected chi connectivity index (χ1v) is 15.0. The van der Waals surface area contributed by atoms with Gasteiger partial charge in [0, 0.05) is 13.0 Å². The Hall–Kier alpha value is -4.69. The third-order valence-corrected chi connectivity index (χ3v) is 7.92. The summed E-state index contributed by atoms with van der Waals surface area (Å²) in [6.45, 7) is 3.66. The van der Waals surface area contributed by atoms with E-state index in [1.807, 2.05) is 68.4 Å². The van der Waals surface area contributed by atoms with Gasteiger partial charge in [0.05, 0.1) is 6.54 Å². The Labute approximate surface area is 257 Å². The molecule has 0 radical (unpaired) electrons. The van der Waals surface area contributed by atoms with Crippen molar-refractivity contribution in [1.82, 2.24) is 10.2 Å². The van der Waals surface area contributed by atoms with Crippen molar-refractivity contribution in [3.05, 3.63) is 102 Å². The SMILES string of the molecule is CC(C)CN(CC(O)C(=O)Oc1ccc2c(c1)CCC2)C(=O)N[C@@H](Cc1ccc(-c2cccc3ccccc23)cc1)C(=O)O. The average molecular weight is 595 g/mol. The molecule has 0 heterocycles. The van der Waals surface area contributed by atoms with Crippen LogP contribution in [-0.2, 0) is 28.9 Å². The van der Waals surface area contributed by atoms with E-state index < -0.39 is 30.1 Å². The first-order valence-electron chi connectivity index (χ1n) is 15.0. The van der Waals surface area contributed by atoms with Crippen molar-refractivity contribution >= 4 is 28.7 Å². The number of carbonyl (C=O) groups is 3. The van der Waals surface area contributed by atoms with Crippen molar-refractivity contribution in [2.45, 2.75) is 51.7 Å². The number of aliphatic carboxylic acids is 1. The Kier molecular flexibility index (Phi) is 9.60. The molecule has 2 atom stereocenters. The molecule has 4 aromatic carbocycles. The molecule has 8 heteroatoms. The van der Waals surface area contributed by atoms with Gasteiger partial charge in [0.2, 0.25) is 0 Å².